The van der Waals surface area contributed by atoms with Gasteiger partial charge >= 0.3 is 0 Å². The Bertz CT molecular complexity index is 602. The summed E-state index contributed by atoms with van der Waals surface area (Å²) in [7, 11) is 0. The Labute approximate surface area is 174 Å². The van der Waals surface area contributed by atoms with Crippen molar-refractivity contribution in [1.29, 1.82) is 0 Å². The zero-order valence-corrected chi connectivity index (χ0v) is 17.0. The maximum Gasteiger partial charge on any atom is 0.272 e. The fourth-order valence-corrected chi connectivity index (χ4v) is 3.40. The predicted octanol–water partition coefficient (Wildman–Crippen LogP) is 4.92. The molecule has 1 heterocycles. The van der Waals surface area contributed by atoms with E-state index in [1.165, 1.54) is 0 Å². The fraction of sp³-hybridized carbons (Fsp3) is 0.714. The van der Waals surface area contributed by atoms with Gasteiger partial charge < -0.3 is 14.2 Å². The average Bonchev–Trinajstić information content (AvgIpc) is 2.75. The molecule has 1 aliphatic rings. The van der Waals surface area contributed by atoms with Crippen LogP contribution < -0.4 is 0 Å². The third kappa shape index (κ3) is 8.57. The van der Waals surface area contributed by atoms with Gasteiger partial charge in [0.1, 0.15) is 0 Å². The van der Waals surface area contributed by atoms with Crippen molar-refractivity contribution >= 4 is 0 Å². The Morgan fingerprint density at radius 3 is 2.53 bits per heavy atom. The molecule has 1 aromatic rings. The molecular weight excluding hydrogens is 403 g/mol. The lowest BCUT2D eigenvalue weighted by Crippen LogP contribution is -2.47. The van der Waals surface area contributed by atoms with Crippen molar-refractivity contribution in [3.63, 3.8) is 0 Å². The Balaban J connectivity index is 1.78. The summed E-state index contributed by atoms with van der Waals surface area (Å²) in [5.41, 5.74) is 1.05. The summed E-state index contributed by atoms with van der Waals surface area (Å²) < 4.78 is 56.3. The largest absolute Gasteiger partial charge is 0.377 e. The highest BCUT2D eigenvalue weighted by Gasteiger charge is 2.44. The molecule has 2 rings (SSSR count). The standard InChI is InChI=1S/C21H30F3NO5/c22-19(21(23)24)20(30-18-12-6-8-14-29-18)17(25(26)27)11-5-2-7-13-28-15-16-9-3-1-4-10-16/h1,3-4,9-10,17-21H,2,5-8,11-15H2. The first-order chi connectivity index (χ1) is 14.5. The molecule has 0 aliphatic carbocycles. The lowest BCUT2D eigenvalue weighted by molar-refractivity contribution is -0.542. The number of rotatable bonds is 14. The summed E-state index contributed by atoms with van der Waals surface area (Å²) in [6.45, 7) is 1.33. The second-order valence-electron chi connectivity index (χ2n) is 7.42. The van der Waals surface area contributed by atoms with E-state index in [4.69, 9.17) is 14.2 Å². The molecule has 0 saturated carbocycles. The van der Waals surface area contributed by atoms with Gasteiger partial charge in [-0.3, -0.25) is 10.1 Å². The van der Waals surface area contributed by atoms with Crippen molar-refractivity contribution in [3.05, 3.63) is 46.0 Å². The normalized spacial score (nSPS) is 20.1. The Kier molecular flexibility index (Phi) is 11.1. The molecule has 30 heavy (non-hydrogen) atoms. The van der Waals surface area contributed by atoms with Gasteiger partial charge in [-0.25, -0.2) is 13.2 Å². The van der Waals surface area contributed by atoms with Gasteiger partial charge in [0.25, 0.3) is 6.43 Å². The van der Waals surface area contributed by atoms with Crippen molar-refractivity contribution < 1.29 is 32.3 Å². The van der Waals surface area contributed by atoms with Crippen LogP contribution in [0.15, 0.2) is 30.3 Å². The summed E-state index contributed by atoms with van der Waals surface area (Å²) in [5.74, 6) is 0. The van der Waals surface area contributed by atoms with Gasteiger partial charge in [0, 0.05) is 24.6 Å². The number of nitro groups is 1. The van der Waals surface area contributed by atoms with Gasteiger partial charge in [-0.2, -0.15) is 0 Å². The molecule has 1 aromatic carbocycles. The van der Waals surface area contributed by atoms with Gasteiger partial charge in [0.15, 0.2) is 18.6 Å². The van der Waals surface area contributed by atoms with Gasteiger partial charge in [0.2, 0.25) is 6.04 Å². The summed E-state index contributed by atoms with van der Waals surface area (Å²) in [6, 6.07) is 8.12. The number of hydrogen-bond acceptors (Lipinski definition) is 5. The monoisotopic (exact) mass is 433 g/mol. The van der Waals surface area contributed by atoms with E-state index < -0.39 is 36.0 Å². The van der Waals surface area contributed by atoms with Crippen molar-refractivity contribution in [2.24, 2.45) is 0 Å². The van der Waals surface area contributed by atoms with Crippen LogP contribution in [0.5, 0.6) is 0 Å². The highest BCUT2D eigenvalue weighted by Crippen LogP contribution is 2.26. The van der Waals surface area contributed by atoms with E-state index in [0.717, 1.165) is 18.4 Å². The topological polar surface area (TPSA) is 70.8 Å². The first kappa shape index (κ1) is 24.6. The molecule has 0 aromatic heterocycles. The molecule has 1 aliphatic heterocycles. The van der Waals surface area contributed by atoms with E-state index >= 15 is 0 Å². The van der Waals surface area contributed by atoms with Crippen LogP contribution in [0.3, 0.4) is 0 Å². The molecule has 6 nitrogen and oxygen atoms in total. The van der Waals surface area contributed by atoms with Crippen LogP contribution in [0, 0.1) is 10.1 Å². The Morgan fingerprint density at radius 2 is 1.90 bits per heavy atom. The van der Waals surface area contributed by atoms with E-state index in [-0.39, 0.29) is 6.42 Å². The molecule has 4 atom stereocenters. The molecule has 0 radical (unpaired) electrons. The second kappa shape index (κ2) is 13.6. The van der Waals surface area contributed by atoms with Crippen molar-refractivity contribution in [2.75, 3.05) is 13.2 Å². The minimum absolute atomic E-state index is 0.0454. The van der Waals surface area contributed by atoms with Crippen LogP contribution >= 0.6 is 0 Å². The fourth-order valence-electron chi connectivity index (χ4n) is 3.40. The lowest BCUT2D eigenvalue weighted by atomic mass is 10.00. The molecule has 1 fully saturated rings. The van der Waals surface area contributed by atoms with E-state index in [9.17, 15) is 23.3 Å². The van der Waals surface area contributed by atoms with Crippen molar-refractivity contribution in [2.45, 2.75) is 82.6 Å². The molecule has 9 heteroatoms. The van der Waals surface area contributed by atoms with Crippen molar-refractivity contribution in [3.8, 4) is 0 Å². The third-order valence-electron chi connectivity index (χ3n) is 5.05. The summed E-state index contributed by atoms with van der Waals surface area (Å²) in [5, 5.41) is 11.5. The Hall–Kier alpha value is -1.71. The predicted molar refractivity (Wildman–Crippen MR) is 105 cm³/mol. The molecule has 0 amide bonds. The van der Waals surface area contributed by atoms with Crippen LogP contribution in [0.2, 0.25) is 0 Å². The second-order valence-corrected chi connectivity index (χ2v) is 7.42. The van der Waals surface area contributed by atoms with Gasteiger partial charge in [-0.1, -0.05) is 36.8 Å². The van der Waals surface area contributed by atoms with E-state index in [1.54, 1.807) is 0 Å². The van der Waals surface area contributed by atoms with Crippen LogP contribution in [0.4, 0.5) is 13.2 Å². The summed E-state index contributed by atoms with van der Waals surface area (Å²) in [6.07, 6.45) is -5.23. The lowest BCUT2D eigenvalue weighted by Gasteiger charge is -2.30. The number of alkyl halides is 3. The first-order valence-corrected chi connectivity index (χ1v) is 10.4. The number of ether oxygens (including phenoxy) is 3. The van der Waals surface area contributed by atoms with Gasteiger partial charge in [-0.05, 0) is 37.7 Å². The van der Waals surface area contributed by atoms with E-state index in [0.29, 0.717) is 45.5 Å². The maximum absolute atomic E-state index is 14.1. The van der Waals surface area contributed by atoms with Gasteiger partial charge in [0.05, 0.1) is 6.61 Å². The number of unbranched alkanes of at least 4 members (excludes halogenated alkanes) is 2. The number of hydrogen-bond donors (Lipinski definition) is 0. The molecule has 4 unspecified atom stereocenters. The molecule has 0 bridgehead atoms. The van der Waals surface area contributed by atoms with E-state index in [2.05, 4.69) is 0 Å². The zero-order chi connectivity index (χ0) is 21.8. The quantitative estimate of drug-likeness (QED) is 0.237. The number of benzene rings is 1. The minimum Gasteiger partial charge on any atom is -0.377 e. The highest BCUT2D eigenvalue weighted by molar-refractivity contribution is 5.13. The van der Waals surface area contributed by atoms with Crippen LogP contribution in [-0.4, -0.2) is 49.2 Å². The van der Waals surface area contributed by atoms with Crippen LogP contribution in [0.1, 0.15) is 50.5 Å². The first-order valence-electron chi connectivity index (χ1n) is 10.4. The number of halogens is 3. The summed E-state index contributed by atoms with van der Waals surface area (Å²) in [4.78, 5) is 10.8. The molecule has 1 saturated heterocycles. The van der Waals surface area contributed by atoms with Crippen molar-refractivity contribution in [1.82, 2.24) is 0 Å². The SMILES string of the molecule is O=[N+]([O-])C(CCCCCOCc1ccccc1)C(OC1CCCCO1)C(F)C(F)F. The molecule has 0 spiro atoms. The van der Waals surface area contributed by atoms with Crippen LogP contribution in [0.25, 0.3) is 0 Å². The highest BCUT2D eigenvalue weighted by atomic mass is 19.3. The summed E-state index contributed by atoms with van der Waals surface area (Å²) >= 11 is 0. The average molecular weight is 433 g/mol. The minimum atomic E-state index is -3.35. The maximum atomic E-state index is 14.1. The molecule has 170 valence electrons. The van der Waals surface area contributed by atoms with E-state index in [1.807, 2.05) is 30.3 Å². The smallest absolute Gasteiger partial charge is 0.272 e. The zero-order valence-electron chi connectivity index (χ0n) is 17.0. The molecular formula is C21H30F3NO5. The third-order valence-corrected chi connectivity index (χ3v) is 5.05. The van der Waals surface area contributed by atoms with Gasteiger partial charge in [-0.15, -0.1) is 0 Å². The molecule has 0 N–H and O–H groups in total. The van der Waals surface area contributed by atoms with Crippen LogP contribution in [-0.2, 0) is 20.8 Å². The number of nitrogens with zero attached hydrogens (tertiary/aromatic N) is 1. The Morgan fingerprint density at radius 1 is 1.13 bits per heavy atom.